The van der Waals surface area contributed by atoms with Gasteiger partial charge in [0, 0.05) is 17.0 Å². The normalized spacial score (nSPS) is 11.2. The molecule has 1 aromatic heterocycles. The van der Waals surface area contributed by atoms with Gasteiger partial charge in [0.1, 0.15) is 11.4 Å². The molecule has 0 aliphatic rings. The lowest BCUT2D eigenvalue weighted by atomic mass is 10.2. The third kappa shape index (κ3) is 1.63. The predicted molar refractivity (Wildman–Crippen MR) is 60.5 cm³/mol. The van der Waals surface area contributed by atoms with Crippen molar-refractivity contribution < 1.29 is 4.79 Å². The van der Waals surface area contributed by atoms with Crippen molar-refractivity contribution in [3.05, 3.63) is 28.9 Å². The van der Waals surface area contributed by atoms with Crippen molar-refractivity contribution >= 4 is 28.8 Å². The Bertz CT molecular complexity index is 517. The lowest BCUT2D eigenvalue weighted by molar-refractivity contribution is 0.112. The molecule has 78 valence electrons. The Morgan fingerprint density at radius 3 is 2.80 bits per heavy atom. The molecule has 2 aromatic rings. The first kappa shape index (κ1) is 10.2. The van der Waals surface area contributed by atoms with Crippen LogP contribution in [0, 0.1) is 0 Å². The Labute approximate surface area is 92.6 Å². The Kier molecular flexibility index (Phi) is 2.49. The highest BCUT2D eigenvalue weighted by atomic mass is 35.5. The first-order chi connectivity index (χ1) is 7.13. The van der Waals surface area contributed by atoms with Gasteiger partial charge in [-0.25, -0.2) is 0 Å². The largest absolute Gasteiger partial charge is 0.298 e. The van der Waals surface area contributed by atoms with Crippen LogP contribution in [0.1, 0.15) is 30.2 Å². The summed E-state index contributed by atoms with van der Waals surface area (Å²) in [5.74, 6) is 0. The third-order valence-corrected chi connectivity index (χ3v) is 2.66. The van der Waals surface area contributed by atoms with Crippen molar-refractivity contribution in [2.75, 3.05) is 0 Å². The smallest absolute Gasteiger partial charge is 0.150 e. The lowest BCUT2D eigenvalue weighted by Gasteiger charge is -2.05. The molecule has 0 fully saturated rings. The molecule has 3 nitrogen and oxygen atoms in total. The van der Waals surface area contributed by atoms with Crippen LogP contribution < -0.4 is 0 Å². The van der Waals surface area contributed by atoms with Gasteiger partial charge in [-0.05, 0) is 32.0 Å². The molecule has 1 heterocycles. The Hall–Kier alpha value is -1.35. The minimum Gasteiger partial charge on any atom is -0.298 e. The Morgan fingerprint density at radius 2 is 2.20 bits per heavy atom. The molecule has 2 rings (SSSR count). The highest BCUT2D eigenvalue weighted by Gasteiger charge is 2.11. The summed E-state index contributed by atoms with van der Waals surface area (Å²) < 4.78 is 1.75. The van der Waals surface area contributed by atoms with E-state index in [2.05, 4.69) is 5.10 Å². The van der Waals surface area contributed by atoms with Gasteiger partial charge in [-0.3, -0.25) is 9.48 Å². The molecule has 0 aliphatic heterocycles. The minimum absolute atomic E-state index is 0.213. The number of halogens is 1. The summed E-state index contributed by atoms with van der Waals surface area (Å²) in [5, 5.41) is 5.77. The van der Waals surface area contributed by atoms with Crippen LogP contribution >= 0.6 is 11.6 Å². The van der Waals surface area contributed by atoms with E-state index in [1.807, 2.05) is 19.9 Å². The van der Waals surface area contributed by atoms with Crippen LogP contribution in [0.2, 0.25) is 5.15 Å². The Morgan fingerprint density at radius 1 is 1.47 bits per heavy atom. The molecule has 0 spiro atoms. The van der Waals surface area contributed by atoms with Crippen molar-refractivity contribution in [2.45, 2.75) is 19.9 Å². The standard InChI is InChI=1S/C11H11ClN2O/c1-7(2)14-11(12)9-5-8(6-15)3-4-10(9)13-14/h3-7H,1-2H3. The zero-order valence-corrected chi connectivity index (χ0v) is 9.32. The summed E-state index contributed by atoms with van der Waals surface area (Å²) in [6.45, 7) is 4.02. The molecule has 0 amide bonds. The maximum atomic E-state index is 10.6. The topological polar surface area (TPSA) is 34.9 Å². The quantitative estimate of drug-likeness (QED) is 0.732. The van der Waals surface area contributed by atoms with Gasteiger partial charge in [-0.2, -0.15) is 5.10 Å². The number of aromatic nitrogens is 2. The molecule has 0 radical (unpaired) electrons. The third-order valence-electron chi connectivity index (χ3n) is 2.28. The van der Waals surface area contributed by atoms with E-state index in [4.69, 9.17) is 11.6 Å². The van der Waals surface area contributed by atoms with E-state index in [0.717, 1.165) is 17.2 Å². The van der Waals surface area contributed by atoms with Crippen LogP contribution in [-0.2, 0) is 0 Å². The minimum atomic E-state index is 0.213. The number of rotatable bonds is 2. The molecule has 0 N–H and O–H groups in total. The average molecular weight is 223 g/mol. The van der Waals surface area contributed by atoms with E-state index < -0.39 is 0 Å². The summed E-state index contributed by atoms with van der Waals surface area (Å²) in [7, 11) is 0. The molecule has 4 heteroatoms. The molecule has 0 unspecified atom stereocenters. The van der Waals surface area contributed by atoms with Gasteiger partial charge in [0.05, 0.1) is 5.52 Å². The first-order valence-corrected chi connectivity index (χ1v) is 5.14. The van der Waals surface area contributed by atoms with E-state index in [1.54, 1.807) is 16.8 Å². The van der Waals surface area contributed by atoms with Gasteiger partial charge in [-0.15, -0.1) is 0 Å². The van der Waals surface area contributed by atoms with E-state index >= 15 is 0 Å². The zero-order valence-electron chi connectivity index (χ0n) is 8.57. The van der Waals surface area contributed by atoms with Crippen LogP contribution in [0.4, 0.5) is 0 Å². The van der Waals surface area contributed by atoms with E-state index in [1.165, 1.54) is 0 Å². The monoisotopic (exact) mass is 222 g/mol. The van der Waals surface area contributed by atoms with Crippen molar-refractivity contribution in [2.24, 2.45) is 0 Å². The molecule has 0 aliphatic carbocycles. The molecule has 0 saturated carbocycles. The van der Waals surface area contributed by atoms with Gasteiger partial charge in [0.25, 0.3) is 0 Å². The maximum absolute atomic E-state index is 10.6. The number of carbonyl (C=O) groups is 1. The second kappa shape index (κ2) is 3.66. The number of benzene rings is 1. The summed E-state index contributed by atoms with van der Waals surface area (Å²) in [4.78, 5) is 10.6. The molecule has 15 heavy (non-hydrogen) atoms. The van der Waals surface area contributed by atoms with Crippen molar-refractivity contribution in [1.82, 2.24) is 9.78 Å². The van der Waals surface area contributed by atoms with E-state index in [0.29, 0.717) is 10.7 Å². The molecular weight excluding hydrogens is 212 g/mol. The zero-order chi connectivity index (χ0) is 11.0. The fourth-order valence-electron chi connectivity index (χ4n) is 1.50. The van der Waals surface area contributed by atoms with Crippen LogP contribution in [0.5, 0.6) is 0 Å². The first-order valence-electron chi connectivity index (χ1n) is 4.76. The SMILES string of the molecule is CC(C)n1nc2ccc(C=O)cc2c1Cl. The predicted octanol–water partition coefficient (Wildman–Crippen LogP) is 3.08. The van der Waals surface area contributed by atoms with Crippen molar-refractivity contribution in [1.29, 1.82) is 0 Å². The number of aldehydes is 1. The second-order valence-corrected chi connectivity index (χ2v) is 4.08. The molecule has 1 aromatic carbocycles. The van der Waals surface area contributed by atoms with E-state index in [9.17, 15) is 4.79 Å². The number of nitrogens with zero attached hydrogens (tertiary/aromatic N) is 2. The van der Waals surface area contributed by atoms with Gasteiger partial charge >= 0.3 is 0 Å². The fraction of sp³-hybridized carbons (Fsp3) is 0.273. The number of hydrogen-bond donors (Lipinski definition) is 0. The molecular formula is C11H11ClN2O. The van der Waals surface area contributed by atoms with Gasteiger partial charge in [0.15, 0.2) is 0 Å². The van der Waals surface area contributed by atoms with Gasteiger partial charge < -0.3 is 0 Å². The van der Waals surface area contributed by atoms with Crippen LogP contribution in [0.25, 0.3) is 10.9 Å². The average Bonchev–Trinajstić information content (AvgIpc) is 2.56. The number of carbonyl (C=O) groups excluding carboxylic acids is 1. The van der Waals surface area contributed by atoms with Crippen LogP contribution in [0.15, 0.2) is 18.2 Å². The number of fused-ring (bicyclic) bond motifs is 1. The summed E-state index contributed by atoms with van der Waals surface area (Å²) in [5.41, 5.74) is 1.44. The van der Waals surface area contributed by atoms with Gasteiger partial charge in [0.2, 0.25) is 0 Å². The van der Waals surface area contributed by atoms with Crippen molar-refractivity contribution in [3.63, 3.8) is 0 Å². The highest BCUT2D eigenvalue weighted by Crippen LogP contribution is 2.26. The lowest BCUT2D eigenvalue weighted by Crippen LogP contribution is -2.01. The Balaban J connectivity index is 2.71. The highest BCUT2D eigenvalue weighted by molar-refractivity contribution is 6.34. The summed E-state index contributed by atoms with van der Waals surface area (Å²) in [6, 6.07) is 5.52. The molecule has 0 saturated heterocycles. The maximum Gasteiger partial charge on any atom is 0.150 e. The molecule has 0 bridgehead atoms. The summed E-state index contributed by atoms with van der Waals surface area (Å²) >= 11 is 6.17. The second-order valence-electron chi connectivity index (χ2n) is 3.72. The fourth-order valence-corrected chi connectivity index (χ4v) is 1.89. The van der Waals surface area contributed by atoms with Gasteiger partial charge in [-0.1, -0.05) is 11.6 Å². The van der Waals surface area contributed by atoms with E-state index in [-0.39, 0.29) is 6.04 Å². The summed E-state index contributed by atoms with van der Waals surface area (Å²) in [6.07, 6.45) is 0.808. The number of hydrogen-bond acceptors (Lipinski definition) is 2. The van der Waals surface area contributed by atoms with Crippen LogP contribution in [-0.4, -0.2) is 16.1 Å². The van der Waals surface area contributed by atoms with Crippen molar-refractivity contribution in [3.8, 4) is 0 Å². The van der Waals surface area contributed by atoms with Crippen LogP contribution in [0.3, 0.4) is 0 Å². The molecule has 0 atom stereocenters.